The van der Waals surface area contributed by atoms with E-state index >= 15 is 0 Å². The molecular weight excluding hydrogens is 409 g/mol. The Morgan fingerprint density at radius 3 is 2.67 bits per heavy atom. The van der Waals surface area contributed by atoms with Crippen molar-refractivity contribution in [2.45, 2.75) is 25.8 Å². The second kappa shape index (κ2) is 13.4. The summed E-state index contributed by atoms with van der Waals surface area (Å²) >= 11 is 0. The Morgan fingerprint density at radius 2 is 2.00 bits per heavy atom. The largest absolute Gasteiger partial charge is 0.354 e. The number of nitrogens with zero attached hydrogens (tertiary/aromatic N) is 3. The number of aromatic nitrogens is 1. The number of halogens is 3. The molecule has 1 unspecified atom stereocenters. The van der Waals surface area contributed by atoms with Crippen LogP contribution in [-0.4, -0.2) is 62.1 Å². The molecule has 1 atom stereocenters. The maximum atomic E-state index is 12.0. The second-order valence-electron chi connectivity index (χ2n) is 6.99. The van der Waals surface area contributed by atoms with Crippen molar-refractivity contribution in [2.24, 2.45) is 5.92 Å². The predicted molar refractivity (Wildman–Crippen MR) is 118 cm³/mol. The third-order valence-electron chi connectivity index (χ3n) is 5.07. The third-order valence-corrected chi connectivity index (χ3v) is 5.07. The molecular formula is C18H32Cl3N5O. The van der Waals surface area contributed by atoms with E-state index in [0.717, 1.165) is 57.1 Å². The second-order valence-corrected chi connectivity index (χ2v) is 6.99. The molecule has 2 fully saturated rings. The molecule has 9 heteroatoms. The van der Waals surface area contributed by atoms with E-state index in [1.54, 1.807) is 0 Å². The quantitative estimate of drug-likeness (QED) is 0.709. The summed E-state index contributed by atoms with van der Waals surface area (Å²) in [6.07, 6.45) is 4.66. The van der Waals surface area contributed by atoms with Gasteiger partial charge in [-0.15, -0.1) is 37.2 Å². The van der Waals surface area contributed by atoms with E-state index in [1.807, 2.05) is 12.3 Å². The van der Waals surface area contributed by atoms with Crippen molar-refractivity contribution in [2.75, 3.05) is 51.2 Å². The molecule has 2 N–H and O–H groups in total. The molecule has 0 aliphatic carbocycles. The van der Waals surface area contributed by atoms with Gasteiger partial charge in [-0.25, -0.2) is 4.98 Å². The highest BCUT2D eigenvalue weighted by Crippen LogP contribution is 2.16. The number of hydrogen-bond donors (Lipinski definition) is 2. The fourth-order valence-corrected chi connectivity index (χ4v) is 3.36. The summed E-state index contributed by atoms with van der Waals surface area (Å²) in [6.45, 7) is 6.90. The van der Waals surface area contributed by atoms with E-state index < -0.39 is 0 Å². The van der Waals surface area contributed by atoms with Crippen LogP contribution in [-0.2, 0) is 11.3 Å². The normalized spacial score (nSPS) is 19.4. The smallest absolute Gasteiger partial charge is 0.220 e. The van der Waals surface area contributed by atoms with Gasteiger partial charge >= 0.3 is 0 Å². The Balaban J connectivity index is 0.00000225. The van der Waals surface area contributed by atoms with Crippen molar-refractivity contribution >= 4 is 48.9 Å². The predicted octanol–water partition coefficient (Wildman–Crippen LogP) is 2.10. The zero-order valence-corrected chi connectivity index (χ0v) is 18.3. The van der Waals surface area contributed by atoms with Gasteiger partial charge in [-0.05, 0) is 56.6 Å². The topological polar surface area (TPSA) is 60.5 Å². The first-order valence-corrected chi connectivity index (χ1v) is 9.06. The molecule has 1 aromatic rings. The Bertz CT molecular complexity index is 550. The average Bonchev–Trinajstić information content (AvgIpc) is 3.13. The number of carbonyl (C=O) groups excluding carboxylic acids is 1. The summed E-state index contributed by atoms with van der Waals surface area (Å²) in [5.74, 6) is 1.84. The molecule has 2 aliphatic rings. The molecule has 0 radical (unpaired) electrons. The molecule has 6 nitrogen and oxygen atoms in total. The van der Waals surface area contributed by atoms with Gasteiger partial charge < -0.3 is 20.4 Å². The van der Waals surface area contributed by atoms with Crippen molar-refractivity contribution in [3.05, 3.63) is 23.9 Å². The lowest BCUT2D eigenvalue weighted by Gasteiger charge is -2.33. The van der Waals surface area contributed by atoms with Crippen LogP contribution in [0.2, 0.25) is 0 Å². The number of amides is 1. The first-order valence-electron chi connectivity index (χ1n) is 9.06. The van der Waals surface area contributed by atoms with E-state index in [2.05, 4.69) is 38.5 Å². The van der Waals surface area contributed by atoms with Gasteiger partial charge in [-0.1, -0.05) is 0 Å². The van der Waals surface area contributed by atoms with Gasteiger partial charge in [0.1, 0.15) is 5.82 Å². The average molecular weight is 441 g/mol. The van der Waals surface area contributed by atoms with Crippen molar-refractivity contribution in [1.29, 1.82) is 0 Å². The van der Waals surface area contributed by atoms with E-state index in [1.165, 1.54) is 6.42 Å². The Labute approximate surface area is 181 Å². The Morgan fingerprint density at radius 1 is 1.26 bits per heavy atom. The van der Waals surface area contributed by atoms with Crippen LogP contribution in [0.15, 0.2) is 18.3 Å². The van der Waals surface area contributed by atoms with Gasteiger partial charge in [0.15, 0.2) is 0 Å². The molecule has 3 rings (SSSR count). The molecule has 3 heterocycles. The monoisotopic (exact) mass is 439 g/mol. The molecule has 0 bridgehead atoms. The number of pyridine rings is 1. The highest BCUT2D eigenvalue weighted by atomic mass is 35.5. The van der Waals surface area contributed by atoms with Gasteiger partial charge in [0, 0.05) is 45.3 Å². The summed E-state index contributed by atoms with van der Waals surface area (Å²) < 4.78 is 0. The van der Waals surface area contributed by atoms with E-state index in [-0.39, 0.29) is 43.1 Å². The lowest BCUT2D eigenvalue weighted by molar-refractivity contribution is -0.121. The molecule has 0 spiro atoms. The van der Waals surface area contributed by atoms with Gasteiger partial charge in [0.25, 0.3) is 0 Å². The Hall–Kier alpha value is -0.790. The maximum absolute atomic E-state index is 12.0. The fourth-order valence-electron chi connectivity index (χ4n) is 3.36. The minimum Gasteiger partial charge on any atom is -0.354 e. The number of hydrogen-bond acceptors (Lipinski definition) is 5. The number of likely N-dealkylation sites (N-methyl/N-ethyl adjacent to an activating group) is 1. The number of carbonyl (C=O) groups is 1. The van der Waals surface area contributed by atoms with Crippen molar-refractivity contribution in [1.82, 2.24) is 20.5 Å². The maximum Gasteiger partial charge on any atom is 0.220 e. The summed E-state index contributed by atoms with van der Waals surface area (Å²) in [7, 11) is 2.15. The van der Waals surface area contributed by atoms with Gasteiger partial charge in [-0.3, -0.25) is 4.79 Å². The number of piperazine rings is 1. The van der Waals surface area contributed by atoms with Crippen LogP contribution in [0.25, 0.3) is 0 Å². The van der Waals surface area contributed by atoms with E-state index in [9.17, 15) is 4.79 Å². The van der Waals surface area contributed by atoms with Crippen LogP contribution in [0.3, 0.4) is 0 Å². The van der Waals surface area contributed by atoms with Gasteiger partial charge in [-0.2, -0.15) is 0 Å². The van der Waals surface area contributed by atoms with Gasteiger partial charge in [0.05, 0.1) is 0 Å². The molecule has 2 aliphatic heterocycles. The highest BCUT2D eigenvalue weighted by molar-refractivity contribution is 5.86. The van der Waals surface area contributed by atoms with Gasteiger partial charge in [0.2, 0.25) is 5.91 Å². The molecule has 1 aromatic heterocycles. The fraction of sp³-hybridized carbons (Fsp3) is 0.667. The molecule has 2 saturated heterocycles. The minimum absolute atomic E-state index is 0. The highest BCUT2D eigenvalue weighted by Gasteiger charge is 2.17. The molecule has 0 saturated carbocycles. The van der Waals surface area contributed by atoms with E-state index in [0.29, 0.717) is 18.9 Å². The van der Waals surface area contributed by atoms with Crippen LogP contribution in [0.1, 0.15) is 24.8 Å². The van der Waals surface area contributed by atoms with Crippen molar-refractivity contribution in [3.8, 4) is 0 Å². The number of anilines is 1. The molecule has 0 aromatic carbocycles. The number of rotatable bonds is 6. The third kappa shape index (κ3) is 8.40. The number of nitrogens with one attached hydrogen (secondary N) is 2. The zero-order valence-electron chi connectivity index (χ0n) is 15.9. The summed E-state index contributed by atoms with van der Waals surface area (Å²) in [4.78, 5) is 21.2. The van der Waals surface area contributed by atoms with Crippen molar-refractivity contribution < 1.29 is 4.79 Å². The summed E-state index contributed by atoms with van der Waals surface area (Å²) in [6, 6.07) is 4.09. The lowest BCUT2D eigenvalue weighted by Crippen LogP contribution is -2.44. The Kier molecular flexibility index (Phi) is 13.0. The van der Waals surface area contributed by atoms with Crippen LogP contribution in [0.5, 0.6) is 0 Å². The standard InChI is InChI=1S/C18H29N5O.3ClH/c1-22-8-10-23(11-9-22)17-12-16(5-7-20-17)14-21-18(24)3-2-15-4-6-19-13-15;;;/h5,7,12,15,19H,2-4,6,8-11,13-14H2,1H3,(H,21,24);3*1H. The first-order chi connectivity index (χ1) is 11.7. The minimum atomic E-state index is 0. The molecule has 1 amide bonds. The zero-order chi connectivity index (χ0) is 16.8. The van der Waals surface area contributed by atoms with Crippen LogP contribution >= 0.6 is 37.2 Å². The SMILES string of the molecule is CN1CCN(c2cc(CNC(=O)CCC3CCNC3)ccn2)CC1.Cl.Cl.Cl. The van der Waals surface area contributed by atoms with Crippen molar-refractivity contribution in [3.63, 3.8) is 0 Å². The van der Waals surface area contributed by atoms with Crippen LogP contribution in [0.4, 0.5) is 5.82 Å². The summed E-state index contributed by atoms with van der Waals surface area (Å²) in [5.41, 5.74) is 1.12. The first kappa shape index (κ1) is 26.2. The molecule has 156 valence electrons. The molecule has 27 heavy (non-hydrogen) atoms. The van der Waals surface area contributed by atoms with E-state index in [4.69, 9.17) is 0 Å². The summed E-state index contributed by atoms with van der Waals surface area (Å²) in [5, 5.41) is 6.39. The van der Waals surface area contributed by atoms with Crippen LogP contribution in [0, 0.1) is 5.92 Å². The lowest BCUT2D eigenvalue weighted by atomic mass is 10.0. The van der Waals surface area contributed by atoms with Crippen LogP contribution < -0.4 is 15.5 Å².